The summed E-state index contributed by atoms with van der Waals surface area (Å²) < 4.78 is 6.24. The van der Waals surface area contributed by atoms with Gasteiger partial charge in [0.25, 0.3) is 0 Å². The Labute approximate surface area is 169 Å². The van der Waals surface area contributed by atoms with Gasteiger partial charge in [-0.15, -0.1) is 0 Å². The molecule has 0 N–H and O–H groups in total. The predicted molar refractivity (Wildman–Crippen MR) is 122 cm³/mol. The van der Waals surface area contributed by atoms with Crippen molar-refractivity contribution in [2.75, 3.05) is 0 Å². The van der Waals surface area contributed by atoms with E-state index in [0.717, 1.165) is 11.5 Å². The van der Waals surface area contributed by atoms with Gasteiger partial charge in [-0.05, 0) is 84.4 Å². The fourth-order valence-electron chi connectivity index (χ4n) is 4.99. The molecule has 1 aliphatic carbocycles. The molecule has 0 amide bonds. The molecule has 1 aliphatic heterocycles. The first-order chi connectivity index (χ1) is 13.5. The van der Waals surface area contributed by atoms with Crippen LogP contribution in [0.2, 0.25) is 12.1 Å². The second-order valence-corrected chi connectivity index (χ2v) is 12.0. The van der Waals surface area contributed by atoms with Crippen molar-refractivity contribution in [2.24, 2.45) is 0 Å². The summed E-state index contributed by atoms with van der Waals surface area (Å²) in [5.41, 5.74) is 11.9. The minimum Gasteiger partial charge on any atom is -0.461 e. The number of aryl methyl sites for hydroxylation is 3. The van der Waals surface area contributed by atoms with Crippen LogP contribution in [0.15, 0.2) is 46.9 Å². The molecule has 142 valence electrons. The van der Waals surface area contributed by atoms with E-state index in [4.69, 9.17) is 4.42 Å². The molecule has 1 fully saturated rings. The molecule has 3 aromatic rings. The Morgan fingerprint density at radius 2 is 1.68 bits per heavy atom. The van der Waals surface area contributed by atoms with Gasteiger partial charge >= 0.3 is 0 Å². The molecular formula is C26H28OSi. The van der Waals surface area contributed by atoms with E-state index in [0.29, 0.717) is 5.54 Å². The highest BCUT2D eigenvalue weighted by Crippen LogP contribution is 2.51. The molecule has 0 saturated carbocycles. The maximum Gasteiger partial charge on any atom is 0.130 e. The minimum atomic E-state index is -0.803. The quantitative estimate of drug-likeness (QED) is 0.444. The molecule has 1 unspecified atom stereocenters. The summed E-state index contributed by atoms with van der Waals surface area (Å²) in [6.45, 7) is 8.80. The van der Waals surface area contributed by atoms with Crippen molar-refractivity contribution < 1.29 is 4.42 Å². The first kappa shape index (κ1) is 17.8. The molecule has 2 heteroatoms. The maximum atomic E-state index is 6.24. The summed E-state index contributed by atoms with van der Waals surface area (Å²) in [4.78, 5) is 0. The van der Waals surface area contributed by atoms with Gasteiger partial charge in [-0.1, -0.05) is 54.9 Å². The summed E-state index contributed by atoms with van der Waals surface area (Å²) >= 11 is 0. The smallest absolute Gasteiger partial charge is 0.130 e. The van der Waals surface area contributed by atoms with E-state index in [1.807, 2.05) is 0 Å². The van der Waals surface area contributed by atoms with Crippen molar-refractivity contribution in [3.8, 4) is 11.1 Å². The van der Waals surface area contributed by atoms with E-state index >= 15 is 0 Å². The molecule has 0 radical (unpaired) electrons. The third-order valence-corrected chi connectivity index (χ3v) is 11.0. The maximum absolute atomic E-state index is 6.24. The van der Waals surface area contributed by atoms with E-state index in [1.54, 1.807) is 5.56 Å². The van der Waals surface area contributed by atoms with Crippen LogP contribution >= 0.6 is 0 Å². The Kier molecular flexibility index (Phi) is 4.20. The van der Waals surface area contributed by atoms with Gasteiger partial charge in [0.2, 0.25) is 0 Å². The normalized spacial score (nSPS) is 18.7. The molecule has 28 heavy (non-hydrogen) atoms. The van der Waals surface area contributed by atoms with Crippen LogP contribution in [0.1, 0.15) is 51.3 Å². The fraction of sp³-hybridized carbons (Fsp3) is 0.308. The Balaban J connectivity index is 1.75. The highest BCUT2D eigenvalue weighted by molar-refractivity contribution is 6.66. The molecule has 1 atom stereocenters. The lowest BCUT2D eigenvalue weighted by Crippen LogP contribution is -2.30. The summed E-state index contributed by atoms with van der Waals surface area (Å²) in [6, 6.07) is 18.6. The van der Waals surface area contributed by atoms with Crippen LogP contribution in [0, 0.1) is 27.7 Å². The van der Waals surface area contributed by atoms with Gasteiger partial charge < -0.3 is 4.42 Å². The average molecular weight is 385 g/mol. The highest BCUT2D eigenvalue weighted by atomic mass is 28.3. The van der Waals surface area contributed by atoms with Gasteiger partial charge in [0.05, 0.1) is 8.80 Å². The summed E-state index contributed by atoms with van der Waals surface area (Å²) in [5.74, 6) is 2.15. The zero-order chi connectivity index (χ0) is 19.4. The number of hydrogen-bond donors (Lipinski definition) is 0. The van der Waals surface area contributed by atoms with Gasteiger partial charge in [-0.25, -0.2) is 0 Å². The van der Waals surface area contributed by atoms with Crippen molar-refractivity contribution in [2.45, 2.75) is 51.7 Å². The third kappa shape index (κ3) is 2.66. The van der Waals surface area contributed by atoms with Crippen LogP contribution in [0.5, 0.6) is 0 Å². The number of rotatable bonds is 3. The van der Waals surface area contributed by atoms with Gasteiger partial charge in [0, 0.05) is 5.54 Å². The van der Waals surface area contributed by atoms with Gasteiger partial charge in [0.15, 0.2) is 0 Å². The zero-order valence-corrected chi connectivity index (χ0v) is 18.5. The Bertz CT molecular complexity index is 1060. The monoisotopic (exact) mass is 384 g/mol. The highest BCUT2D eigenvalue weighted by Gasteiger charge is 2.39. The van der Waals surface area contributed by atoms with Crippen LogP contribution < -0.4 is 0 Å². The molecular weight excluding hydrogens is 356 g/mol. The van der Waals surface area contributed by atoms with E-state index < -0.39 is 8.80 Å². The number of fused-ring (bicyclic) bond motifs is 1. The van der Waals surface area contributed by atoms with E-state index in [2.05, 4.69) is 76.2 Å². The second kappa shape index (κ2) is 6.63. The first-order valence-electron chi connectivity index (χ1n) is 10.5. The second-order valence-electron chi connectivity index (χ2n) is 8.68. The Morgan fingerprint density at radius 1 is 0.929 bits per heavy atom. The van der Waals surface area contributed by atoms with Crippen molar-refractivity contribution in [3.63, 3.8) is 0 Å². The van der Waals surface area contributed by atoms with E-state index in [1.165, 1.54) is 57.5 Å². The molecule has 1 nitrogen and oxygen atoms in total. The third-order valence-electron chi connectivity index (χ3n) is 7.02. The average Bonchev–Trinajstić information content (AvgIpc) is 3.16. The number of allylic oxidation sites excluding steroid dienone is 1. The van der Waals surface area contributed by atoms with Gasteiger partial charge in [-0.2, -0.15) is 0 Å². The van der Waals surface area contributed by atoms with Crippen molar-refractivity contribution in [1.82, 2.24) is 0 Å². The van der Waals surface area contributed by atoms with Gasteiger partial charge in [-0.3, -0.25) is 0 Å². The van der Waals surface area contributed by atoms with Crippen LogP contribution in [-0.4, -0.2) is 8.80 Å². The van der Waals surface area contributed by atoms with E-state index in [-0.39, 0.29) is 0 Å². The van der Waals surface area contributed by atoms with E-state index in [9.17, 15) is 0 Å². The largest absolute Gasteiger partial charge is 0.461 e. The Morgan fingerprint density at radius 3 is 2.29 bits per heavy atom. The molecule has 5 rings (SSSR count). The minimum absolute atomic E-state index is 0.607. The Hall–Kier alpha value is -2.32. The SMILES string of the molecule is Cc1cc(C2=Cc3c(cc(C)c(C)c3-c3ccccc3)C2[SiH]2CCC2)oc1C. The fourth-order valence-corrected chi connectivity index (χ4v) is 8.08. The number of hydrogen-bond acceptors (Lipinski definition) is 1. The molecule has 0 spiro atoms. The van der Waals surface area contributed by atoms with Crippen molar-refractivity contribution in [3.05, 3.63) is 81.8 Å². The zero-order valence-electron chi connectivity index (χ0n) is 17.3. The van der Waals surface area contributed by atoms with Crippen LogP contribution in [0.3, 0.4) is 0 Å². The van der Waals surface area contributed by atoms with Crippen molar-refractivity contribution >= 4 is 20.4 Å². The summed E-state index contributed by atoms with van der Waals surface area (Å²) in [5, 5.41) is 0. The lowest BCUT2D eigenvalue weighted by atomic mass is 9.89. The molecule has 2 heterocycles. The van der Waals surface area contributed by atoms with Crippen LogP contribution in [0.25, 0.3) is 22.8 Å². The lowest BCUT2D eigenvalue weighted by molar-refractivity contribution is 0.518. The topological polar surface area (TPSA) is 13.1 Å². The van der Waals surface area contributed by atoms with Gasteiger partial charge in [0.1, 0.15) is 11.5 Å². The standard InChI is InChI=1S/C26H28OSi/c1-16-13-22-21(25(18(16)3)20-9-6-5-7-10-20)15-23(26(22)28-11-8-12-28)24-14-17(2)19(4)27-24/h5-7,9-10,13-15,26,28H,8,11-12H2,1-4H3. The molecule has 2 aromatic carbocycles. The summed E-state index contributed by atoms with van der Waals surface area (Å²) in [6.07, 6.45) is 3.89. The molecule has 2 aliphatic rings. The molecule has 0 bridgehead atoms. The van der Waals surface area contributed by atoms with Crippen LogP contribution in [-0.2, 0) is 0 Å². The first-order valence-corrected chi connectivity index (χ1v) is 12.8. The molecule has 1 saturated heterocycles. The number of benzene rings is 2. The summed E-state index contributed by atoms with van der Waals surface area (Å²) in [7, 11) is -0.803. The predicted octanol–water partition coefficient (Wildman–Crippen LogP) is 6.99. The van der Waals surface area contributed by atoms with Crippen molar-refractivity contribution in [1.29, 1.82) is 0 Å². The molecule has 1 aromatic heterocycles. The number of furan rings is 1. The lowest BCUT2D eigenvalue weighted by Gasteiger charge is -2.32. The van der Waals surface area contributed by atoms with Crippen LogP contribution in [0.4, 0.5) is 0 Å².